The molecule has 0 bridgehead atoms. The second kappa shape index (κ2) is 7.42. The Bertz CT molecular complexity index is 1250. The molecule has 0 radical (unpaired) electrons. The topological polar surface area (TPSA) is 88.9 Å². The molecule has 0 saturated carbocycles. The number of aromatic amines is 1. The lowest BCUT2D eigenvalue weighted by atomic mass is 10.0. The summed E-state index contributed by atoms with van der Waals surface area (Å²) in [5.74, 6) is -0.485. The SMILES string of the molecule is CC1(C)C(=O)N(c2ccc(C#N)c(C(F)(F)F)c2)C(=S)N1c1ccc(-c2c[nH]nn2)cc1. The number of H-pyrrole nitrogens is 1. The van der Waals surface area contributed by atoms with Crippen LogP contribution in [0.15, 0.2) is 48.7 Å². The first kappa shape index (κ1) is 21.5. The van der Waals surface area contributed by atoms with Crippen molar-refractivity contribution >= 4 is 34.6 Å². The molecule has 3 aromatic rings. The Labute approximate surface area is 186 Å². The fourth-order valence-corrected chi connectivity index (χ4v) is 4.11. The molecule has 2 heterocycles. The molecule has 4 rings (SSSR count). The molecule has 1 aliphatic rings. The Hall–Kier alpha value is -3.78. The summed E-state index contributed by atoms with van der Waals surface area (Å²) in [6.07, 6.45) is -3.12. The Kier molecular flexibility index (Phi) is 4.97. The minimum atomic E-state index is -4.75. The van der Waals surface area contributed by atoms with Crippen LogP contribution in [0.25, 0.3) is 11.3 Å². The lowest BCUT2D eigenvalue weighted by molar-refractivity contribution is -0.137. The molecule has 0 atom stereocenters. The molecule has 2 aromatic carbocycles. The first-order chi connectivity index (χ1) is 15.1. The van der Waals surface area contributed by atoms with Gasteiger partial charge in [-0.15, -0.1) is 5.10 Å². The number of carbonyl (C=O) groups excluding carboxylic acids is 1. The van der Waals surface area contributed by atoms with Crippen LogP contribution in [0.5, 0.6) is 0 Å². The van der Waals surface area contributed by atoms with E-state index >= 15 is 0 Å². The standard InChI is InChI=1S/C21H15F3N6OS/c1-20(2)18(31)29(15-8-5-13(10-25)16(9-15)21(22,23)24)19(32)30(20)14-6-3-12(4-7-14)17-11-26-28-27-17/h3-9,11H,1-2H3,(H,26,27,28). The van der Waals surface area contributed by atoms with Crippen molar-refractivity contribution in [3.63, 3.8) is 0 Å². The molecule has 1 aromatic heterocycles. The van der Waals surface area contributed by atoms with Crippen LogP contribution in [0.4, 0.5) is 24.5 Å². The van der Waals surface area contributed by atoms with Gasteiger partial charge in [-0.1, -0.05) is 17.3 Å². The molecular weight excluding hydrogens is 441 g/mol. The smallest absolute Gasteiger partial charge is 0.304 e. The number of anilines is 2. The molecule has 1 fully saturated rings. The summed E-state index contributed by atoms with van der Waals surface area (Å²) in [7, 11) is 0. The highest BCUT2D eigenvalue weighted by atomic mass is 32.1. The summed E-state index contributed by atoms with van der Waals surface area (Å²) in [5, 5.41) is 19.3. The maximum Gasteiger partial charge on any atom is 0.417 e. The summed E-state index contributed by atoms with van der Waals surface area (Å²) in [4.78, 5) is 15.9. The first-order valence-corrected chi connectivity index (χ1v) is 9.73. The van der Waals surface area contributed by atoms with E-state index in [0.29, 0.717) is 11.4 Å². The predicted molar refractivity (Wildman–Crippen MR) is 115 cm³/mol. The first-order valence-electron chi connectivity index (χ1n) is 9.32. The third kappa shape index (κ3) is 3.38. The zero-order valence-electron chi connectivity index (χ0n) is 16.8. The molecular formula is C21H15F3N6OS. The molecule has 1 amide bonds. The van der Waals surface area contributed by atoms with E-state index < -0.39 is 28.7 Å². The monoisotopic (exact) mass is 456 g/mol. The van der Waals surface area contributed by atoms with E-state index in [-0.39, 0.29) is 10.8 Å². The highest BCUT2D eigenvalue weighted by molar-refractivity contribution is 7.81. The number of nitriles is 1. The Morgan fingerprint density at radius 1 is 1.12 bits per heavy atom. The number of carbonyl (C=O) groups is 1. The largest absolute Gasteiger partial charge is 0.417 e. The van der Waals surface area contributed by atoms with Crippen LogP contribution in [0, 0.1) is 11.3 Å². The molecule has 0 unspecified atom stereocenters. The van der Waals surface area contributed by atoms with Crippen molar-refractivity contribution in [1.29, 1.82) is 5.26 Å². The van der Waals surface area contributed by atoms with E-state index in [1.54, 1.807) is 49.2 Å². The summed E-state index contributed by atoms with van der Waals surface area (Å²) < 4.78 is 40.3. The normalized spacial score (nSPS) is 15.9. The zero-order chi connectivity index (χ0) is 23.3. The Morgan fingerprint density at radius 2 is 1.78 bits per heavy atom. The van der Waals surface area contributed by atoms with Gasteiger partial charge in [0, 0.05) is 17.4 Å². The maximum absolute atomic E-state index is 13.4. The fraction of sp³-hybridized carbons (Fsp3) is 0.190. The average Bonchev–Trinajstić information content (AvgIpc) is 3.33. The predicted octanol–water partition coefficient (Wildman–Crippen LogP) is 4.28. The number of benzene rings is 2. The minimum absolute atomic E-state index is 0.0343. The fourth-order valence-electron chi connectivity index (χ4n) is 3.58. The van der Waals surface area contributed by atoms with E-state index in [4.69, 9.17) is 17.5 Å². The minimum Gasteiger partial charge on any atom is -0.304 e. The summed E-state index contributed by atoms with van der Waals surface area (Å²) in [5.41, 5.74) is -0.849. The molecule has 1 N–H and O–H groups in total. The van der Waals surface area contributed by atoms with Gasteiger partial charge in [0.25, 0.3) is 5.91 Å². The van der Waals surface area contributed by atoms with E-state index in [9.17, 15) is 18.0 Å². The number of nitrogens with zero attached hydrogens (tertiary/aromatic N) is 5. The number of thiocarbonyl (C=S) groups is 1. The number of alkyl halides is 3. The van der Waals surface area contributed by atoms with Crippen LogP contribution in [-0.4, -0.2) is 32.0 Å². The molecule has 1 aliphatic heterocycles. The van der Waals surface area contributed by atoms with E-state index in [1.165, 1.54) is 12.1 Å². The molecule has 11 heteroatoms. The lowest BCUT2D eigenvalue weighted by Gasteiger charge is -2.29. The van der Waals surface area contributed by atoms with E-state index in [2.05, 4.69) is 15.4 Å². The van der Waals surface area contributed by atoms with Gasteiger partial charge in [0.05, 0.1) is 22.9 Å². The second-order valence-corrected chi connectivity index (χ2v) is 7.93. The van der Waals surface area contributed by atoms with Gasteiger partial charge in [-0.25, -0.2) is 0 Å². The van der Waals surface area contributed by atoms with Crippen molar-refractivity contribution in [2.75, 3.05) is 9.80 Å². The lowest BCUT2D eigenvalue weighted by Crippen LogP contribution is -2.44. The molecule has 0 spiro atoms. The van der Waals surface area contributed by atoms with Crippen molar-refractivity contribution < 1.29 is 18.0 Å². The van der Waals surface area contributed by atoms with Gasteiger partial charge in [0.2, 0.25) is 0 Å². The number of hydrogen-bond donors (Lipinski definition) is 1. The van der Waals surface area contributed by atoms with Gasteiger partial charge in [0.1, 0.15) is 11.2 Å². The Morgan fingerprint density at radius 3 is 2.34 bits per heavy atom. The number of amides is 1. The molecule has 0 aliphatic carbocycles. The number of aromatic nitrogens is 3. The van der Waals surface area contributed by atoms with Crippen LogP contribution in [0.3, 0.4) is 0 Å². The van der Waals surface area contributed by atoms with Gasteiger partial charge in [0.15, 0.2) is 5.11 Å². The van der Waals surface area contributed by atoms with Gasteiger partial charge in [-0.05, 0) is 56.4 Å². The van der Waals surface area contributed by atoms with Crippen molar-refractivity contribution in [3.05, 3.63) is 59.8 Å². The molecule has 32 heavy (non-hydrogen) atoms. The number of rotatable bonds is 3. The molecule has 162 valence electrons. The maximum atomic E-state index is 13.4. The van der Waals surface area contributed by atoms with Gasteiger partial charge in [-0.3, -0.25) is 14.8 Å². The van der Waals surface area contributed by atoms with Gasteiger partial charge in [-0.2, -0.15) is 18.4 Å². The van der Waals surface area contributed by atoms with Crippen molar-refractivity contribution in [1.82, 2.24) is 15.4 Å². The molecule has 7 nitrogen and oxygen atoms in total. The van der Waals surface area contributed by atoms with Crippen LogP contribution < -0.4 is 9.80 Å². The Balaban J connectivity index is 1.74. The average molecular weight is 456 g/mol. The van der Waals surface area contributed by atoms with Gasteiger partial charge < -0.3 is 4.90 Å². The van der Waals surface area contributed by atoms with Crippen LogP contribution >= 0.6 is 12.2 Å². The van der Waals surface area contributed by atoms with Crippen LogP contribution in [0.1, 0.15) is 25.0 Å². The zero-order valence-corrected chi connectivity index (χ0v) is 17.6. The third-order valence-electron chi connectivity index (χ3n) is 5.19. The third-order valence-corrected chi connectivity index (χ3v) is 5.56. The van der Waals surface area contributed by atoms with Crippen molar-refractivity contribution in [2.24, 2.45) is 0 Å². The number of halogens is 3. The highest BCUT2D eigenvalue weighted by Crippen LogP contribution is 2.39. The van der Waals surface area contributed by atoms with Crippen molar-refractivity contribution in [3.8, 4) is 17.3 Å². The highest BCUT2D eigenvalue weighted by Gasteiger charge is 2.50. The summed E-state index contributed by atoms with van der Waals surface area (Å²) in [6.45, 7) is 3.28. The van der Waals surface area contributed by atoms with E-state index in [1.807, 2.05) is 0 Å². The molecule has 1 saturated heterocycles. The van der Waals surface area contributed by atoms with Crippen molar-refractivity contribution in [2.45, 2.75) is 25.6 Å². The quantitative estimate of drug-likeness (QED) is 0.592. The second-order valence-electron chi connectivity index (χ2n) is 7.56. The summed E-state index contributed by atoms with van der Waals surface area (Å²) >= 11 is 5.52. The van der Waals surface area contributed by atoms with Gasteiger partial charge >= 0.3 is 6.18 Å². The number of hydrogen-bond acceptors (Lipinski definition) is 5. The number of nitrogens with one attached hydrogen (secondary N) is 1. The van der Waals surface area contributed by atoms with Crippen LogP contribution in [-0.2, 0) is 11.0 Å². The summed E-state index contributed by atoms with van der Waals surface area (Å²) in [6, 6.07) is 11.7. The van der Waals surface area contributed by atoms with Crippen LogP contribution in [0.2, 0.25) is 0 Å². The van der Waals surface area contributed by atoms with E-state index in [0.717, 1.165) is 22.6 Å².